The van der Waals surface area contributed by atoms with Gasteiger partial charge in [-0.25, -0.2) is 0 Å². The van der Waals surface area contributed by atoms with E-state index in [9.17, 15) is 0 Å². The van der Waals surface area contributed by atoms with Gasteiger partial charge in [0.15, 0.2) is 5.58 Å². The van der Waals surface area contributed by atoms with Gasteiger partial charge in [0, 0.05) is 38.6 Å². The molecular weight excluding hydrogens is 741 g/mol. The molecule has 0 fully saturated rings. The highest BCUT2D eigenvalue weighted by Gasteiger charge is 2.22. The van der Waals surface area contributed by atoms with E-state index in [-0.39, 0.29) is 0 Å². The van der Waals surface area contributed by atoms with Gasteiger partial charge in [0.05, 0.1) is 16.7 Å². The van der Waals surface area contributed by atoms with Gasteiger partial charge in [-0.1, -0.05) is 176 Å². The first kappa shape index (κ1) is 34.9. The minimum atomic E-state index is 0.855. The monoisotopic (exact) mass is 778 g/mol. The number of aromatic nitrogens is 1. The second kappa shape index (κ2) is 14.3. The summed E-state index contributed by atoms with van der Waals surface area (Å²) in [6.45, 7) is 0. The third kappa shape index (κ3) is 5.82. The van der Waals surface area contributed by atoms with Crippen LogP contribution in [-0.2, 0) is 0 Å². The largest absolute Gasteiger partial charge is 0.454 e. The number of nitrogens with zero attached hydrogens (tertiary/aromatic N) is 2. The normalized spacial score (nSPS) is 11.6. The van der Waals surface area contributed by atoms with Crippen molar-refractivity contribution in [2.75, 3.05) is 4.90 Å². The van der Waals surface area contributed by atoms with E-state index in [0.29, 0.717) is 0 Å². The number of para-hydroxylation sites is 3. The van der Waals surface area contributed by atoms with Crippen molar-refractivity contribution >= 4 is 71.6 Å². The van der Waals surface area contributed by atoms with E-state index in [0.717, 1.165) is 55.7 Å². The maximum Gasteiger partial charge on any atom is 0.159 e. The zero-order valence-corrected chi connectivity index (χ0v) is 33.2. The van der Waals surface area contributed by atoms with E-state index < -0.39 is 0 Å². The van der Waals surface area contributed by atoms with Gasteiger partial charge in [-0.05, 0) is 98.8 Å². The molecule has 0 atom stereocenters. The highest BCUT2D eigenvalue weighted by Crippen LogP contribution is 2.45. The zero-order valence-electron chi connectivity index (χ0n) is 33.2. The minimum absolute atomic E-state index is 0.855. The lowest BCUT2D eigenvalue weighted by molar-refractivity contribution is 0.669. The molecule has 0 aliphatic rings. The molecule has 12 rings (SSSR count). The fourth-order valence-electron chi connectivity index (χ4n) is 9.37. The molecule has 0 unspecified atom stereocenters. The molecule has 0 amide bonds. The fraction of sp³-hybridized carbons (Fsp3) is 0. The Balaban J connectivity index is 1.05. The van der Waals surface area contributed by atoms with Crippen LogP contribution in [0.4, 0.5) is 17.1 Å². The molecule has 3 nitrogen and oxygen atoms in total. The van der Waals surface area contributed by atoms with Crippen LogP contribution in [-0.4, -0.2) is 4.57 Å². The molecule has 286 valence electrons. The maximum absolute atomic E-state index is 6.69. The van der Waals surface area contributed by atoms with E-state index in [4.69, 9.17) is 4.42 Å². The van der Waals surface area contributed by atoms with E-state index in [1.807, 2.05) is 6.07 Å². The Hall–Kier alpha value is -8.14. The summed E-state index contributed by atoms with van der Waals surface area (Å²) in [5.41, 5.74) is 15.4. The molecule has 0 aliphatic carbocycles. The molecule has 2 aromatic heterocycles. The van der Waals surface area contributed by atoms with Gasteiger partial charge >= 0.3 is 0 Å². The van der Waals surface area contributed by atoms with Crippen LogP contribution in [0.5, 0.6) is 0 Å². The van der Waals surface area contributed by atoms with Crippen molar-refractivity contribution in [3.63, 3.8) is 0 Å². The summed E-state index contributed by atoms with van der Waals surface area (Å²) < 4.78 is 9.12. The van der Waals surface area contributed by atoms with Crippen molar-refractivity contribution in [3.05, 3.63) is 231 Å². The van der Waals surface area contributed by atoms with Crippen LogP contribution in [0, 0.1) is 0 Å². The standard InChI is InChI=1S/C58H38N2O/c1-3-14-39(15-4-1)41-28-30-43(31-29-41)48-23-11-18-44-34-37-53-57(56(44)48)51-22-7-9-25-52(51)60(53)47-20-12-19-46(38-47)59(45-35-32-42(33-36-45)40-16-5-2-6-17-40)54-26-13-24-50-49-21-8-10-27-55(49)61-58(50)54/h1-38H. The topological polar surface area (TPSA) is 21.3 Å². The zero-order chi connectivity index (χ0) is 40.3. The van der Waals surface area contributed by atoms with Gasteiger partial charge < -0.3 is 13.9 Å². The molecule has 0 saturated carbocycles. The summed E-state index contributed by atoms with van der Waals surface area (Å²) in [7, 11) is 0. The molecular formula is C58H38N2O. The summed E-state index contributed by atoms with van der Waals surface area (Å²) in [5, 5.41) is 7.16. The number of benzene rings is 10. The van der Waals surface area contributed by atoms with Crippen LogP contribution in [0.3, 0.4) is 0 Å². The number of furan rings is 1. The number of fused-ring (bicyclic) bond motifs is 8. The van der Waals surface area contributed by atoms with E-state index in [1.165, 1.54) is 54.9 Å². The first-order valence-corrected chi connectivity index (χ1v) is 20.8. The molecule has 0 bridgehead atoms. The Morgan fingerprint density at radius 2 is 0.967 bits per heavy atom. The average Bonchev–Trinajstić information content (AvgIpc) is 3.89. The molecule has 3 heteroatoms. The number of hydrogen-bond acceptors (Lipinski definition) is 2. The highest BCUT2D eigenvalue weighted by molar-refractivity contribution is 6.25. The lowest BCUT2D eigenvalue weighted by Crippen LogP contribution is -2.11. The number of hydrogen-bond donors (Lipinski definition) is 0. The Labute approximate surface area is 353 Å². The van der Waals surface area contributed by atoms with E-state index in [1.54, 1.807) is 0 Å². The SMILES string of the molecule is c1ccc(-c2ccc(-c3cccc4ccc5c(c6ccccc6n5-c5cccc(N(c6ccc(-c7ccccc7)cc6)c6cccc7c6oc6ccccc67)c5)c34)cc2)cc1. The third-order valence-electron chi connectivity index (χ3n) is 12.2. The fourth-order valence-corrected chi connectivity index (χ4v) is 9.37. The molecule has 61 heavy (non-hydrogen) atoms. The van der Waals surface area contributed by atoms with Crippen LogP contribution < -0.4 is 4.90 Å². The third-order valence-corrected chi connectivity index (χ3v) is 12.2. The molecule has 0 radical (unpaired) electrons. The number of rotatable bonds is 7. The Morgan fingerprint density at radius 1 is 0.361 bits per heavy atom. The Kier molecular flexibility index (Phi) is 8.17. The van der Waals surface area contributed by atoms with Crippen molar-refractivity contribution in [2.24, 2.45) is 0 Å². The van der Waals surface area contributed by atoms with E-state index in [2.05, 4.69) is 234 Å². The molecule has 0 N–H and O–H groups in total. The van der Waals surface area contributed by atoms with Crippen LogP contribution in [0.25, 0.3) is 93.6 Å². The smallest absolute Gasteiger partial charge is 0.159 e. The second-order valence-corrected chi connectivity index (χ2v) is 15.7. The van der Waals surface area contributed by atoms with Crippen molar-refractivity contribution in [1.29, 1.82) is 0 Å². The van der Waals surface area contributed by atoms with Gasteiger partial charge in [-0.2, -0.15) is 0 Å². The molecule has 12 aromatic rings. The van der Waals surface area contributed by atoms with Gasteiger partial charge in [0.25, 0.3) is 0 Å². The van der Waals surface area contributed by atoms with Gasteiger partial charge in [-0.3, -0.25) is 0 Å². The highest BCUT2D eigenvalue weighted by atomic mass is 16.3. The van der Waals surface area contributed by atoms with Crippen LogP contribution in [0.2, 0.25) is 0 Å². The van der Waals surface area contributed by atoms with Gasteiger partial charge in [-0.15, -0.1) is 0 Å². The van der Waals surface area contributed by atoms with Crippen molar-refractivity contribution in [1.82, 2.24) is 4.57 Å². The average molecular weight is 779 g/mol. The van der Waals surface area contributed by atoms with Crippen LogP contribution in [0.15, 0.2) is 235 Å². The lowest BCUT2D eigenvalue weighted by atomic mass is 9.93. The maximum atomic E-state index is 6.69. The second-order valence-electron chi connectivity index (χ2n) is 15.7. The number of anilines is 3. The van der Waals surface area contributed by atoms with Crippen LogP contribution in [0.1, 0.15) is 0 Å². The predicted molar refractivity (Wildman–Crippen MR) is 257 cm³/mol. The van der Waals surface area contributed by atoms with Crippen LogP contribution >= 0.6 is 0 Å². The summed E-state index contributed by atoms with van der Waals surface area (Å²) >= 11 is 0. The molecule has 2 heterocycles. The quantitative estimate of drug-likeness (QED) is 0.161. The summed E-state index contributed by atoms with van der Waals surface area (Å²) in [5.74, 6) is 0. The van der Waals surface area contributed by atoms with E-state index >= 15 is 0 Å². The van der Waals surface area contributed by atoms with Gasteiger partial charge in [0.2, 0.25) is 0 Å². The predicted octanol–water partition coefficient (Wildman–Crippen LogP) is 16.3. The summed E-state index contributed by atoms with van der Waals surface area (Å²) in [4.78, 5) is 2.34. The van der Waals surface area contributed by atoms with Crippen molar-refractivity contribution < 1.29 is 4.42 Å². The van der Waals surface area contributed by atoms with Gasteiger partial charge in [0.1, 0.15) is 5.58 Å². The first-order valence-electron chi connectivity index (χ1n) is 20.8. The Bertz CT molecular complexity index is 3560. The molecule has 0 spiro atoms. The van der Waals surface area contributed by atoms with Crippen molar-refractivity contribution in [2.45, 2.75) is 0 Å². The molecule has 10 aromatic carbocycles. The lowest BCUT2D eigenvalue weighted by Gasteiger charge is -2.26. The summed E-state index contributed by atoms with van der Waals surface area (Å²) in [6.07, 6.45) is 0. The molecule has 0 aliphatic heterocycles. The molecule has 0 saturated heterocycles. The van der Waals surface area contributed by atoms with Crippen molar-refractivity contribution in [3.8, 4) is 39.1 Å². The Morgan fingerprint density at radius 3 is 1.74 bits per heavy atom. The summed E-state index contributed by atoms with van der Waals surface area (Å²) in [6, 6.07) is 82.8. The first-order chi connectivity index (χ1) is 30.3. The minimum Gasteiger partial charge on any atom is -0.454 e.